The first-order valence-corrected chi connectivity index (χ1v) is 4.09. The molecule has 0 aromatic carbocycles. The van der Waals surface area contributed by atoms with E-state index in [2.05, 4.69) is 5.32 Å². The fourth-order valence-electron chi connectivity index (χ4n) is 1.33. The standard InChI is InChI=1S/C7H12N2O5/c1-3-5(10)7(12)6(11)4(8-3)2-9(13)14/h2-3,5-8,10-12H,1H3/b4-2-/t3-,5+,6+,7+/m0/s1. The summed E-state index contributed by atoms with van der Waals surface area (Å²) in [5.41, 5.74) is -0.0969. The van der Waals surface area contributed by atoms with Gasteiger partial charge in [0.05, 0.1) is 11.0 Å². The Bertz CT molecular complexity index is 267. The van der Waals surface area contributed by atoms with Crippen molar-refractivity contribution < 1.29 is 20.2 Å². The van der Waals surface area contributed by atoms with Crippen LogP contribution in [0.25, 0.3) is 0 Å². The van der Waals surface area contributed by atoms with Gasteiger partial charge in [-0.1, -0.05) is 0 Å². The molecule has 0 saturated carbocycles. The number of hydrogen-bond acceptors (Lipinski definition) is 6. The van der Waals surface area contributed by atoms with E-state index in [9.17, 15) is 25.4 Å². The van der Waals surface area contributed by atoms with Crippen LogP contribution in [0.15, 0.2) is 11.9 Å². The van der Waals surface area contributed by atoms with Gasteiger partial charge in [-0.15, -0.1) is 0 Å². The highest BCUT2D eigenvalue weighted by Crippen LogP contribution is 2.17. The van der Waals surface area contributed by atoms with Crippen LogP contribution in [0.1, 0.15) is 6.92 Å². The molecule has 4 N–H and O–H groups in total. The van der Waals surface area contributed by atoms with Crippen molar-refractivity contribution in [1.82, 2.24) is 5.32 Å². The first-order chi connectivity index (χ1) is 6.43. The number of hydrogen-bond donors (Lipinski definition) is 4. The number of piperidine rings is 1. The Hall–Kier alpha value is -1.18. The maximum atomic E-state index is 10.1. The van der Waals surface area contributed by atoms with E-state index >= 15 is 0 Å². The molecule has 0 amide bonds. The van der Waals surface area contributed by atoms with Crippen molar-refractivity contribution in [3.63, 3.8) is 0 Å². The van der Waals surface area contributed by atoms with E-state index in [0.717, 1.165) is 0 Å². The van der Waals surface area contributed by atoms with Crippen molar-refractivity contribution in [1.29, 1.82) is 0 Å². The van der Waals surface area contributed by atoms with E-state index in [-0.39, 0.29) is 5.70 Å². The van der Waals surface area contributed by atoms with E-state index in [4.69, 9.17) is 0 Å². The summed E-state index contributed by atoms with van der Waals surface area (Å²) in [6.07, 6.45) is -3.42. The summed E-state index contributed by atoms with van der Waals surface area (Å²) in [6, 6.07) is -0.542. The lowest BCUT2D eigenvalue weighted by Gasteiger charge is -2.35. The minimum atomic E-state index is -1.45. The van der Waals surface area contributed by atoms with Crippen LogP contribution in [0.2, 0.25) is 0 Å². The van der Waals surface area contributed by atoms with Crippen molar-refractivity contribution in [2.45, 2.75) is 31.3 Å². The molecule has 1 rings (SSSR count). The van der Waals surface area contributed by atoms with Crippen molar-refractivity contribution in [3.8, 4) is 0 Å². The SMILES string of the molecule is C[C@@H]1N/C(=C\[N+](=O)[O-])[C@@H](O)[C@H](O)[C@@H]1O. The highest BCUT2D eigenvalue weighted by Gasteiger charge is 2.38. The van der Waals surface area contributed by atoms with E-state index in [1.54, 1.807) is 6.92 Å². The minimum Gasteiger partial charge on any atom is -0.388 e. The van der Waals surface area contributed by atoms with Gasteiger partial charge >= 0.3 is 0 Å². The molecule has 4 atom stereocenters. The van der Waals surface area contributed by atoms with E-state index in [0.29, 0.717) is 6.20 Å². The predicted molar refractivity (Wildman–Crippen MR) is 45.7 cm³/mol. The molecule has 1 fully saturated rings. The molecule has 80 valence electrons. The second-order valence-electron chi connectivity index (χ2n) is 3.23. The second-order valence-corrected chi connectivity index (χ2v) is 3.23. The normalized spacial score (nSPS) is 40.7. The fraction of sp³-hybridized carbons (Fsp3) is 0.714. The van der Waals surface area contributed by atoms with Gasteiger partial charge in [0, 0.05) is 0 Å². The predicted octanol–water partition coefficient (Wildman–Crippen LogP) is -1.82. The monoisotopic (exact) mass is 204 g/mol. The van der Waals surface area contributed by atoms with Gasteiger partial charge < -0.3 is 20.6 Å². The number of aliphatic hydroxyl groups excluding tert-OH is 3. The van der Waals surface area contributed by atoms with Crippen LogP contribution in [-0.2, 0) is 0 Å². The lowest BCUT2D eigenvalue weighted by molar-refractivity contribution is -0.404. The summed E-state index contributed by atoms with van der Waals surface area (Å²) in [5.74, 6) is 0. The Morgan fingerprint density at radius 3 is 2.50 bits per heavy atom. The third-order valence-corrected chi connectivity index (χ3v) is 2.14. The van der Waals surface area contributed by atoms with Crippen LogP contribution in [0, 0.1) is 10.1 Å². The number of rotatable bonds is 1. The summed E-state index contributed by atoms with van der Waals surface area (Å²) in [4.78, 5) is 9.41. The van der Waals surface area contributed by atoms with Gasteiger partial charge in [0.25, 0.3) is 6.20 Å². The van der Waals surface area contributed by atoms with Crippen molar-refractivity contribution in [2.75, 3.05) is 0 Å². The Morgan fingerprint density at radius 1 is 1.43 bits per heavy atom. The molecule has 0 aliphatic carbocycles. The molecule has 0 radical (unpaired) electrons. The Morgan fingerprint density at radius 2 is 2.00 bits per heavy atom. The Labute approximate surface area is 79.8 Å². The van der Waals surface area contributed by atoms with Gasteiger partial charge in [0.1, 0.15) is 24.0 Å². The number of nitrogens with one attached hydrogen (secondary N) is 1. The highest BCUT2D eigenvalue weighted by atomic mass is 16.6. The molecule has 0 spiro atoms. The molecule has 1 saturated heterocycles. The summed E-state index contributed by atoms with van der Waals surface area (Å²) < 4.78 is 0. The maximum absolute atomic E-state index is 10.1. The van der Waals surface area contributed by atoms with E-state index in [1.165, 1.54) is 0 Å². The van der Waals surface area contributed by atoms with Crippen LogP contribution >= 0.6 is 0 Å². The molecule has 7 nitrogen and oxygen atoms in total. The Balaban J connectivity index is 2.85. The van der Waals surface area contributed by atoms with Crippen LogP contribution < -0.4 is 5.32 Å². The number of aliphatic hydroxyl groups is 3. The molecule has 0 bridgehead atoms. The zero-order valence-corrected chi connectivity index (χ0v) is 7.49. The quantitative estimate of drug-likeness (QED) is 0.295. The lowest BCUT2D eigenvalue weighted by atomic mass is 9.95. The molecule has 0 aromatic heterocycles. The first kappa shape index (κ1) is 10.9. The largest absolute Gasteiger partial charge is 0.388 e. The number of nitro groups is 1. The van der Waals surface area contributed by atoms with Crippen molar-refractivity contribution in [2.24, 2.45) is 0 Å². The van der Waals surface area contributed by atoms with E-state index < -0.39 is 29.3 Å². The topological polar surface area (TPSA) is 116 Å². The van der Waals surface area contributed by atoms with Gasteiger partial charge in [-0.3, -0.25) is 10.1 Å². The fourth-order valence-corrected chi connectivity index (χ4v) is 1.33. The third kappa shape index (κ3) is 2.00. The highest BCUT2D eigenvalue weighted by molar-refractivity contribution is 5.12. The smallest absolute Gasteiger partial charge is 0.256 e. The van der Waals surface area contributed by atoms with Gasteiger partial charge in [-0.25, -0.2) is 0 Å². The van der Waals surface area contributed by atoms with Crippen LogP contribution in [0.4, 0.5) is 0 Å². The average Bonchev–Trinajstić information content (AvgIpc) is 2.10. The molecule has 7 heteroatoms. The summed E-state index contributed by atoms with van der Waals surface area (Å²) >= 11 is 0. The van der Waals surface area contributed by atoms with Crippen molar-refractivity contribution >= 4 is 0 Å². The summed E-state index contributed by atoms with van der Waals surface area (Å²) in [6.45, 7) is 1.55. The van der Waals surface area contributed by atoms with Gasteiger partial charge in [0.15, 0.2) is 0 Å². The zero-order valence-electron chi connectivity index (χ0n) is 7.49. The van der Waals surface area contributed by atoms with Crippen LogP contribution in [-0.4, -0.2) is 44.6 Å². The molecule has 1 aliphatic heterocycles. The van der Waals surface area contributed by atoms with Crippen molar-refractivity contribution in [3.05, 3.63) is 22.0 Å². The molecule has 1 heterocycles. The maximum Gasteiger partial charge on any atom is 0.256 e. The zero-order chi connectivity index (χ0) is 10.9. The average molecular weight is 204 g/mol. The summed E-state index contributed by atoms with van der Waals surface area (Å²) in [5, 5.41) is 40.6. The molecule has 0 unspecified atom stereocenters. The van der Waals surface area contributed by atoms with Gasteiger partial charge in [0.2, 0.25) is 0 Å². The molecular formula is C7H12N2O5. The number of nitrogens with zero attached hydrogens (tertiary/aromatic N) is 1. The van der Waals surface area contributed by atoms with E-state index in [1.807, 2.05) is 0 Å². The summed E-state index contributed by atoms with van der Waals surface area (Å²) in [7, 11) is 0. The van der Waals surface area contributed by atoms with Crippen LogP contribution in [0.3, 0.4) is 0 Å². The minimum absolute atomic E-state index is 0.0969. The first-order valence-electron chi connectivity index (χ1n) is 4.09. The molecular weight excluding hydrogens is 192 g/mol. The third-order valence-electron chi connectivity index (χ3n) is 2.14. The molecule has 14 heavy (non-hydrogen) atoms. The van der Waals surface area contributed by atoms with Gasteiger partial charge in [-0.2, -0.15) is 0 Å². The lowest BCUT2D eigenvalue weighted by Crippen LogP contribution is -2.57. The second kappa shape index (κ2) is 3.91. The van der Waals surface area contributed by atoms with Gasteiger partial charge in [-0.05, 0) is 6.92 Å². The molecule has 1 aliphatic rings. The van der Waals surface area contributed by atoms with Crippen LogP contribution in [0.5, 0.6) is 0 Å². The molecule has 0 aromatic rings. The Kier molecular flexibility index (Phi) is 3.04.